The summed E-state index contributed by atoms with van der Waals surface area (Å²) in [7, 11) is 0. The van der Waals surface area contributed by atoms with Crippen LogP contribution in [0.5, 0.6) is 0 Å². The average molecular weight is 288 g/mol. The van der Waals surface area contributed by atoms with E-state index in [0.29, 0.717) is 26.3 Å². The van der Waals surface area contributed by atoms with Gasteiger partial charge < -0.3 is 20.5 Å². The summed E-state index contributed by atoms with van der Waals surface area (Å²) in [6, 6.07) is 0. The molecule has 0 rings (SSSR count). The molecule has 5 nitrogen and oxygen atoms in total. The molecule has 0 aliphatic carbocycles. The topological polar surface area (TPSA) is 70.6 Å². The number of carbonyl (C=O) groups excluding carboxylic acids is 1. The Morgan fingerprint density at radius 1 is 1.15 bits per heavy atom. The molecule has 0 aliphatic heterocycles. The monoisotopic (exact) mass is 288 g/mol. The quantitative estimate of drug-likeness (QED) is 0.423. The van der Waals surface area contributed by atoms with E-state index in [4.69, 9.17) is 4.74 Å². The number of amides is 1. The van der Waals surface area contributed by atoms with Crippen LogP contribution >= 0.6 is 0 Å². The van der Waals surface area contributed by atoms with Gasteiger partial charge in [0.2, 0.25) is 5.91 Å². The predicted molar refractivity (Wildman–Crippen MR) is 81.8 cm³/mol. The minimum absolute atomic E-state index is 0.0484. The summed E-state index contributed by atoms with van der Waals surface area (Å²) in [5.41, 5.74) is 0. The Labute approximate surface area is 123 Å². The second kappa shape index (κ2) is 14.8. The number of nitrogens with one attached hydrogen (secondary N) is 2. The van der Waals surface area contributed by atoms with Crippen LogP contribution in [0.2, 0.25) is 0 Å². The molecule has 0 aromatic rings. The van der Waals surface area contributed by atoms with Crippen molar-refractivity contribution in [2.24, 2.45) is 0 Å². The van der Waals surface area contributed by atoms with Gasteiger partial charge in [-0.2, -0.15) is 0 Å². The molecule has 0 aromatic carbocycles. The first-order valence-corrected chi connectivity index (χ1v) is 7.93. The highest BCUT2D eigenvalue weighted by molar-refractivity contribution is 5.77. The predicted octanol–water partition coefficient (Wildman–Crippen LogP) is 1.45. The Kier molecular flexibility index (Phi) is 14.3. The molecule has 0 bridgehead atoms. The molecule has 20 heavy (non-hydrogen) atoms. The summed E-state index contributed by atoms with van der Waals surface area (Å²) in [4.78, 5) is 11.1. The van der Waals surface area contributed by atoms with Crippen molar-refractivity contribution in [3.63, 3.8) is 0 Å². The first-order valence-electron chi connectivity index (χ1n) is 7.93. The van der Waals surface area contributed by atoms with Crippen LogP contribution in [0.3, 0.4) is 0 Å². The van der Waals surface area contributed by atoms with Crippen molar-refractivity contribution in [2.75, 3.05) is 32.8 Å². The first-order chi connectivity index (χ1) is 9.70. The third-order valence-corrected chi connectivity index (χ3v) is 2.99. The molecule has 120 valence electrons. The maximum atomic E-state index is 11.1. The number of unbranched alkanes of at least 4 members (excludes halogenated alkanes) is 5. The van der Waals surface area contributed by atoms with Crippen molar-refractivity contribution in [2.45, 2.75) is 58.5 Å². The number of aliphatic hydroxyl groups is 1. The molecule has 1 atom stereocenters. The lowest BCUT2D eigenvalue weighted by molar-refractivity contribution is -0.120. The molecule has 0 aliphatic rings. The zero-order valence-corrected chi connectivity index (χ0v) is 13.1. The Hall–Kier alpha value is -0.650. The molecule has 1 amide bonds. The zero-order valence-electron chi connectivity index (χ0n) is 13.1. The molecule has 0 fully saturated rings. The highest BCUT2D eigenvalue weighted by Crippen LogP contribution is 2.04. The largest absolute Gasteiger partial charge is 0.389 e. The molecule has 0 saturated carbocycles. The molecule has 0 aromatic heterocycles. The van der Waals surface area contributed by atoms with Crippen LogP contribution in [0.1, 0.15) is 52.4 Å². The third-order valence-electron chi connectivity index (χ3n) is 2.99. The molecule has 0 saturated heterocycles. The molecule has 0 spiro atoms. The van der Waals surface area contributed by atoms with Crippen molar-refractivity contribution < 1.29 is 14.6 Å². The van der Waals surface area contributed by atoms with Gasteiger partial charge in [-0.1, -0.05) is 39.0 Å². The van der Waals surface area contributed by atoms with Crippen LogP contribution in [0.15, 0.2) is 0 Å². The molecular formula is C15H32N2O3. The smallest absolute Gasteiger partial charge is 0.233 e. The van der Waals surface area contributed by atoms with Crippen LogP contribution in [-0.2, 0) is 9.53 Å². The van der Waals surface area contributed by atoms with Crippen molar-refractivity contribution >= 4 is 5.91 Å². The molecule has 0 radical (unpaired) electrons. The van der Waals surface area contributed by atoms with E-state index < -0.39 is 6.10 Å². The van der Waals surface area contributed by atoms with E-state index in [-0.39, 0.29) is 12.5 Å². The van der Waals surface area contributed by atoms with Gasteiger partial charge in [0, 0.05) is 19.7 Å². The molecular weight excluding hydrogens is 256 g/mol. The van der Waals surface area contributed by atoms with E-state index in [0.717, 1.165) is 6.42 Å². The van der Waals surface area contributed by atoms with Gasteiger partial charge in [-0.25, -0.2) is 0 Å². The maximum Gasteiger partial charge on any atom is 0.233 e. The number of ether oxygens (including phenoxy) is 1. The second-order valence-corrected chi connectivity index (χ2v) is 5.08. The Balaban J connectivity index is 3.24. The van der Waals surface area contributed by atoms with Gasteiger partial charge in [-0.3, -0.25) is 4.79 Å². The van der Waals surface area contributed by atoms with Crippen LogP contribution < -0.4 is 10.6 Å². The first kappa shape index (κ1) is 19.4. The van der Waals surface area contributed by atoms with Crippen LogP contribution in [-0.4, -0.2) is 50.0 Å². The van der Waals surface area contributed by atoms with Crippen LogP contribution in [0.4, 0.5) is 0 Å². The van der Waals surface area contributed by atoms with Crippen LogP contribution in [0, 0.1) is 0 Å². The van der Waals surface area contributed by atoms with Gasteiger partial charge in [0.1, 0.15) is 0 Å². The van der Waals surface area contributed by atoms with Crippen molar-refractivity contribution in [3.8, 4) is 0 Å². The lowest BCUT2D eigenvalue weighted by Gasteiger charge is -2.12. The third kappa shape index (κ3) is 13.8. The Bertz CT molecular complexity index is 225. The summed E-state index contributed by atoms with van der Waals surface area (Å²) in [6.45, 7) is 6.38. The van der Waals surface area contributed by atoms with Gasteiger partial charge in [-0.05, 0) is 13.3 Å². The summed E-state index contributed by atoms with van der Waals surface area (Å²) in [5.74, 6) is -0.0484. The molecule has 3 N–H and O–H groups in total. The van der Waals surface area contributed by atoms with Crippen molar-refractivity contribution in [3.05, 3.63) is 0 Å². The maximum absolute atomic E-state index is 11.1. The summed E-state index contributed by atoms with van der Waals surface area (Å²) in [6.07, 6.45) is 6.87. The lowest BCUT2D eigenvalue weighted by Crippen LogP contribution is -2.38. The van der Waals surface area contributed by atoms with E-state index >= 15 is 0 Å². The molecule has 1 unspecified atom stereocenters. The number of aliphatic hydroxyl groups excluding tert-OH is 1. The molecule has 5 heteroatoms. The van der Waals surface area contributed by atoms with E-state index in [1.54, 1.807) is 0 Å². The fourth-order valence-corrected chi connectivity index (χ4v) is 1.87. The summed E-state index contributed by atoms with van der Waals surface area (Å²) < 4.78 is 5.42. The number of hydrogen-bond acceptors (Lipinski definition) is 4. The highest BCUT2D eigenvalue weighted by atomic mass is 16.5. The molecule has 0 heterocycles. The average Bonchev–Trinajstić information content (AvgIpc) is 2.42. The van der Waals surface area contributed by atoms with Gasteiger partial charge >= 0.3 is 0 Å². The lowest BCUT2D eigenvalue weighted by atomic mass is 10.1. The Morgan fingerprint density at radius 3 is 2.55 bits per heavy atom. The van der Waals surface area contributed by atoms with Crippen molar-refractivity contribution in [1.82, 2.24) is 10.6 Å². The van der Waals surface area contributed by atoms with Gasteiger partial charge in [-0.15, -0.1) is 0 Å². The normalized spacial score (nSPS) is 12.3. The van der Waals surface area contributed by atoms with E-state index in [1.165, 1.54) is 32.1 Å². The highest BCUT2D eigenvalue weighted by Gasteiger charge is 2.05. The fourth-order valence-electron chi connectivity index (χ4n) is 1.87. The number of hydrogen-bond donors (Lipinski definition) is 3. The minimum Gasteiger partial charge on any atom is -0.389 e. The summed E-state index contributed by atoms with van der Waals surface area (Å²) in [5, 5.41) is 15.2. The van der Waals surface area contributed by atoms with Gasteiger partial charge in [0.05, 0.1) is 19.3 Å². The number of rotatable bonds is 14. The second-order valence-electron chi connectivity index (χ2n) is 5.08. The summed E-state index contributed by atoms with van der Waals surface area (Å²) >= 11 is 0. The van der Waals surface area contributed by atoms with Crippen molar-refractivity contribution in [1.29, 1.82) is 0 Å². The fraction of sp³-hybridized carbons (Fsp3) is 0.933. The zero-order chi connectivity index (χ0) is 15.1. The van der Waals surface area contributed by atoms with Gasteiger partial charge in [0.15, 0.2) is 0 Å². The number of carbonyl (C=O) groups is 1. The van der Waals surface area contributed by atoms with E-state index in [1.807, 2.05) is 6.92 Å². The van der Waals surface area contributed by atoms with E-state index in [2.05, 4.69) is 17.6 Å². The van der Waals surface area contributed by atoms with Crippen LogP contribution in [0.25, 0.3) is 0 Å². The standard InChI is InChI=1S/C15H32N2O3/c1-3-5-6-7-8-9-10-20-13-14(18)11-16-12-15(19)17-4-2/h14,16,18H,3-13H2,1-2H3,(H,17,19). The SMILES string of the molecule is CCCCCCCCOCC(O)CNCC(=O)NCC. The number of likely N-dealkylation sites (N-methyl/N-ethyl adjacent to an activating group) is 1. The van der Waals surface area contributed by atoms with Gasteiger partial charge in [0.25, 0.3) is 0 Å². The van der Waals surface area contributed by atoms with E-state index in [9.17, 15) is 9.90 Å². The minimum atomic E-state index is -0.551. The Morgan fingerprint density at radius 2 is 1.85 bits per heavy atom.